The quantitative estimate of drug-likeness (QED) is 0.449. The fourth-order valence-electron chi connectivity index (χ4n) is 2.72. The topological polar surface area (TPSA) is 95.4 Å². The van der Waals surface area contributed by atoms with Gasteiger partial charge in [0.2, 0.25) is 5.76 Å². The van der Waals surface area contributed by atoms with E-state index >= 15 is 0 Å². The average molecular weight is 458 g/mol. The third kappa shape index (κ3) is 2.96. The number of aromatic nitrogens is 1. The number of pyridine rings is 1. The van der Waals surface area contributed by atoms with Crippen LogP contribution < -0.4 is 10.5 Å². The number of halogens is 3. The van der Waals surface area contributed by atoms with Crippen LogP contribution in [0.1, 0.15) is 20.9 Å². The van der Waals surface area contributed by atoms with Gasteiger partial charge in [0, 0.05) is 23.3 Å². The van der Waals surface area contributed by atoms with E-state index in [1.807, 2.05) is 0 Å². The first kappa shape index (κ1) is 18.7. The summed E-state index contributed by atoms with van der Waals surface area (Å²) in [5.41, 5.74) is 6.61. The zero-order valence-corrected chi connectivity index (χ0v) is 16.4. The number of ketones is 1. The number of carbonyl (C=O) groups excluding carboxylic acids is 2. The van der Waals surface area contributed by atoms with Gasteiger partial charge in [0.1, 0.15) is 0 Å². The van der Waals surface area contributed by atoms with E-state index in [-0.39, 0.29) is 38.1 Å². The number of furan rings is 1. The lowest BCUT2D eigenvalue weighted by atomic mass is 9.97. The molecule has 0 aliphatic rings. The molecule has 0 unspecified atom stereocenters. The Bertz CT molecular complexity index is 1030. The lowest BCUT2D eigenvalue weighted by Crippen LogP contribution is -2.15. The Morgan fingerprint density at radius 1 is 1.27 bits per heavy atom. The van der Waals surface area contributed by atoms with E-state index in [0.29, 0.717) is 22.3 Å². The zero-order valence-electron chi connectivity index (χ0n) is 13.3. The van der Waals surface area contributed by atoms with Gasteiger partial charge in [0.05, 0.1) is 28.0 Å². The molecule has 0 fully saturated rings. The molecule has 9 heteroatoms. The predicted molar refractivity (Wildman–Crippen MR) is 103 cm³/mol. The Labute approximate surface area is 166 Å². The van der Waals surface area contributed by atoms with Crippen molar-refractivity contribution in [2.24, 2.45) is 5.73 Å². The Kier molecular flexibility index (Phi) is 5.22. The standard InChI is InChI=1S/C17H11BrCl2N2O4/c1-25-11-3-2-7(12-8(19)5-22-6-9(12)20)13-14(10(23)4-18)16(17(21)24)26-15(11)13/h2-3,5-6H,4H2,1H3,(H2,21,24). The Balaban J connectivity index is 2.53. The summed E-state index contributed by atoms with van der Waals surface area (Å²) in [7, 11) is 1.44. The van der Waals surface area contributed by atoms with E-state index in [1.165, 1.54) is 19.5 Å². The van der Waals surface area contributed by atoms with Gasteiger partial charge in [0.25, 0.3) is 5.91 Å². The minimum atomic E-state index is -0.870. The molecule has 1 aromatic carbocycles. The monoisotopic (exact) mass is 456 g/mol. The molecular weight excluding hydrogens is 447 g/mol. The number of hydrogen-bond donors (Lipinski definition) is 1. The SMILES string of the molecule is COc1ccc(-c2c(Cl)cncc2Cl)c2c(C(=O)CBr)c(C(N)=O)oc12. The van der Waals surface area contributed by atoms with Crippen molar-refractivity contribution in [3.8, 4) is 16.9 Å². The number of methoxy groups -OCH3 is 1. The van der Waals surface area contributed by atoms with Crippen LogP contribution >= 0.6 is 39.1 Å². The molecule has 2 N–H and O–H groups in total. The second kappa shape index (κ2) is 7.26. The van der Waals surface area contributed by atoms with Crippen molar-refractivity contribution >= 4 is 61.8 Å². The van der Waals surface area contributed by atoms with Crippen molar-refractivity contribution in [3.05, 3.63) is 45.9 Å². The number of hydrogen-bond acceptors (Lipinski definition) is 5. The summed E-state index contributed by atoms with van der Waals surface area (Å²) in [6, 6.07) is 3.31. The van der Waals surface area contributed by atoms with Crippen LogP contribution in [0.4, 0.5) is 0 Å². The maximum Gasteiger partial charge on any atom is 0.285 e. The van der Waals surface area contributed by atoms with Crippen LogP contribution in [0.15, 0.2) is 28.9 Å². The van der Waals surface area contributed by atoms with Crippen LogP contribution in [0.5, 0.6) is 5.75 Å². The largest absolute Gasteiger partial charge is 0.493 e. The van der Waals surface area contributed by atoms with Gasteiger partial charge in [-0.1, -0.05) is 39.1 Å². The van der Waals surface area contributed by atoms with Crippen molar-refractivity contribution in [2.45, 2.75) is 0 Å². The van der Waals surface area contributed by atoms with E-state index in [0.717, 1.165) is 0 Å². The minimum absolute atomic E-state index is 0.0314. The number of amides is 1. The molecule has 3 rings (SSSR count). The lowest BCUT2D eigenvalue weighted by molar-refractivity contribution is 0.0955. The van der Waals surface area contributed by atoms with Gasteiger partial charge in [-0.2, -0.15) is 0 Å². The molecule has 0 saturated carbocycles. The summed E-state index contributed by atoms with van der Waals surface area (Å²) in [5.74, 6) is -1.17. The second-order valence-corrected chi connectivity index (χ2v) is 6.60. The van der Waals surface area contributed by atoms with Crippen LogP contribution in [-0.4, -0.2) is 29.1 Å². The summed E-state index contributed by atoms with van der Waals surface area (Å²) in [5, 5.41) is 0.875. The first-order valence-corrected chi connectivity index (χ1v) is 9.10. The number of carbonyl (C=O) groups is 2. The van der Waals surface area contributed by atoms with Gasteiger partial charge in [0.15, 0.2) is 17.1 Å². The summed E-state index contributed by atoms with van der Waals surface area (Å²) >= 11 is 15.7. The fourth-order valence-corrected chi connectivity index (χ4v) is 3.57. The normalized spacial score (nSPS) is 10.9. The van der Waals surface area contributed by atoms with Crippen LogP contribution in [0.25, 0.3) is 22.1 Å². The third-order valence-corrected chi connectivity index (χ3v) is 4.85. The maximum absolute atomic E-state index is 12.5. The first-order valence-electron chi connectivity index (χ1n) is 7.22. The Hall–Kier alpha value is -2.09. The van der Waals surface area contributed by atoms with Crippen LogP contribution in [0.3, 0.4) is 0 Å². The van der Waals surface area contributed by atoms with Crippen LogP contribution in [0, 0.1) is 0 Å². The maximum atomic E-state index is 12.5. The van der Waals surface area contributed by atoms with Gasteiger partial charge >= 0.3 is 0 Å². The molecule has 0 bridgehead atoms. The van der Waals surface area contributed by atoms with Crippen molar-refractivity contribution < 1.29 is 18.7 Å². The number of primary amides is 1. The highest BCUT2D eigenvalue weighted by atomic mass is 79.9. The van der Waals surface area contributed by atoms with Gasteiger partial charge < -0.3 is 14.9 Å². The molecule has 0 aliphatic heterocycles. The molecule has 6 nitrogen and oxygen atoms in total. The van der Waals surface area contributed by atoms with Gasteiger partial charge in [-0.3, -0.25) is 14.6 Å². The average Bonchev–Trinajstić information content (AvgIpc) is 3.02. The van der Waals surface area contributed by atoms with E-state index in [1.54, 1.807) is 12.1 Å². The van der Waals surface area contributed by atoms with E-state index in [2.05, 4.69) is 20.9 Å². The van der Waals surface area contributed by atoms with Crippen molar-refractivity contribution in [3.63, 3.8) is 0 Å². The molecule has 0 spiro atoms. The van der Waals surface area contributed by atoms with Gasteiger partial charge in [-0.15, -0.1) is 0 Å². The molecule has 0 radical (unpaired) electrons. The number of nitrogens with two attached hydrogens (primary N) is 1. The fraction of sp³-hybridized carbons (Fsp3) is 0.118. The lowest BCUT2D eigenvalue weighted by Gasteiger charge is -2.10. The molecule has 134 valence electrons. The highest BCUT2D eigenvalue weighted by Gasteiger charge is 2.29. The number of rotatable bonds is 5. The molecule has 0 atom stereocenters. The van der Waals surface area contributed by atoms with E-state index in [9.17, 15) is 9.59 Å². The molecule has 0 saturated heterocycles. The van der Waals surface area contributed by atoms with Crippen LogP contribution in [0.2, 0.25) is 10.0 Å². The number of nitrogens with zero attached hydrogens (tertiary/aromatic N) is 1. The molecular formula is C17H11BrCl2N2O4. The highest BCUT2D eigenvalue weighted by Crippen LogP contribution is 2.44. The Morgan fingerprint density at radius 3 is 2.46 bits per heavy atom. The molecule has 1 amide bonds. The van der Waals surface area contributed by atoms with Gasteiger partial charge in [-0.25, -0.2) is 0 Å². The smallest absolute Gasteiger partial charge is 0.285 e. The Morgan fingerprint density at radius 2 is 1.92 bits per heavy atom. The zero-order chi connectivity index (χ0) is 19.0. The summed E-state index contributed by atoms with van der Waals surface area (Å²) in [6.07, 6.45) is 2.86. The summed E-state index contributed by atoms with van der Waals surface area (Å²) in [4.78, 5) is 28.3. The van der Waals surface area contributed by atoms with Crippen molar-refractivity contribution in [1.82, 2.24) is 4.98 Å². The summed E-state index contributed by atoms with van der Waals surface area (Å²) < 4.78 is 10.9. The number of Topliss-reactive ketones (excluding diaryl/α,β-unsaturated/α-hetero) is 1. The number of alkyl halides is 1. The molecule has 3 aromatic rings. The van der Waals surface area contributed by atoms with Crippen molar-refractivity contribution in [1.29, 1.82) is 0 Å². The van der Waals surface area contributed by atoms with Crippen LogP contribution in [-0.2, 0) is 0 Å². The highest BCUT2D eigenvalue weighted by molar-refractivity contribution is 9.09. The summed E-state index contributed by atoms with van der Waals surface area (Å²) in [6.45, 7) is 0. The third-order valence-electron chi connectivity index (χ3n) is 3.77. The number of benzene rings is 1. The second-order valence-electron chi connectivity index (χ2n) is 5.22. The van der Waals surface area contributed by atoms with Crippen molar-refractivity contribution in [2.75, 3.05) is 12.4 Å². The predicted octanol–water partition coefficient (Wildman–Crippen LogP) is 4.49. The van der Waals surface area contributed by atoms with E-state index in [4.69, 9.17) is 38.1 Å². The molecule has 26 heavy (non-hydrogen) atoms. The molecule has 2 aromatic heterocycles. The number of ether oxygens (including phenoxy) is 1. The van der Waals surface area contributed by atoms with Gasteiger partial charge in [-0.05, 0) is 17.7 Å². The minimum Gasteiger partial charge on any atom is -0.493 e. The molecule has 0 aliphatic carbocycles. The number of fused-ring (bicyclic) bond motifs is 1. The first-order chi connectivity index (χ1) is 12.4. The molecule has 2 heterocycles. The van der Waals surface area contributed by atoms with E-state index < -0.39 is 5.91 Å².